The predicted octanol–water partition coefficient (Wildman–Crippen LogP) is 5.33. The van der Waals surface area contributed by atoms with Crippen LogP contribution in [0.1, 0.15) is 5.56 Å². The normalized spacial score (nSPS) is 10.6. The van der Waals surface area contributed by atoms with Crippen LogP contribution in [0, 0.1) is 0 Å². The summed E-state index contributed by atoms with van der Waals surface area (Å²) in [6.45, 7) is 0.574. The zero-order chi connectivity index (χ0) is 14.0. The summed E-state index contributed by atoms with van der Waals surface area (Å²) in [5, 5.41) is 1.71. The highest BCUT2D eigenvalue weighted by Crippen LogP contribution is 2.31. The molecule has 2 nitrogen and oxygen atoms in total. The minimum atomic E-state index is 0.229. The summed E-state index contributed by atoms with van der Waals surface area (Å²) in [6, 6.07) is 9.19. The molecule has 2 aromatic rings. The van der Waals surface area contributed by atoms with E-state index in [1.807, 2.05) is 36.2 Å². The van der Waals surface area contributed by atoms with Crippen LogP contribution in [-0.4, -0.2) is 12.0 Å². The van der Waals surface area contributed by atoms with E-state index in [0.717, 1.165) is 5.56 Å². The van der Waals surface area contributed by atoms with Gasteiger partial charge in [-0.25, -0.2) is 4.98 Å². The van der Waals surface area contributed by atoms with Crippen molar-refractivity contribution in [2.45, 2.75) is 6.54 Å². The zero-order valence-corrected chi connectivity index (χ0v) is 13.0. The molecule has 0 aliphatic rings. The predicted molar refractivity (Wildman–Crippen MR) is 82.8 cm³/mol. The second-order valence-electron chi connectivity index (χ2n) is 4.01. The number of hydrogen-bond donors (Lipinski definition) is 0. The van der Waals surface area contributed by atoms with E-state index in [2.05, 4.69) is 4.98 Å². The van der Waals surface area contributed by atoms with Crippen molar-refractivity contribution in [3.05, 3.63) is 56.1 Å². The molecule has 2 rings (SSSR count). The molecule has 0 N–H and O–H groups in total. The molecule has 1 heterocycles. The number of pyridine rings is 1. The Hall–Kier alpha value is -0.670. The molecular formula is C13H10Cl4N2. The smallest absolute Gasteiger partial charge is 0.150 e. The van der Waals surface area contributed by atoms with Gasteiger partial charge in [0.25, 0.3) is 0 Å². The number of nitrogens with zero attached hydrogens (tertiary/aromatic N) is 2. The lowest BCUT2D eigenvalue weighted by Gasteiger charge is -2.20. The first-order chi connectivity index (χ1) is 8.99. The molecule has 1 aromatic heterocycles. The molecular weight excluding hydrogens is 326 g/mol. The lowest BCUT2D eigenvalue weighted by molar-refractivity contribution is 0.898. The zero-order valence-electron chi connectivity index (χ0n) is 10.0. The average Bonchev–Trinajstić information content (AvgIpc) is 2.36. The second-order valence-corrected chi connectivity index (χ2v) is 5.59. The number of benzene rings is 1. The fraction of sp³-hybridized carbons (Fsp3) is 0.154. The van der Waals surface area contributed by atoms with Crippen LogP contribution >= 0.6 is 46.4 Å². The van der Waals surface area contributed by atoms with Gasteiger partial charge in [-0.15, -0.1) is 0 Å². The van der Waals surface area contributed by atoms with Crippen LogP contribution in [0.3, 0.4) is 0 Å². The van der Waals surface area contributed by atoms with Crippen molar-refractivity contribution in [2.24, 2.45) is 0 Å². The fourth-order valence-electron chi connectivity index (χ4n) is 1.66. The van der Waals surface area contributed by atoms with Gasteiger partial charge >= 0.3 is 0 Å². The van der Waals surface area contributed by atoms with E-state index >= 15 is 0 Å². The summed E-state index contributed by atoms with van der Waals surface area (Å²) in [7, 11) is 1.86. The summed E-state index contributed by atoms with van der Waals surface area (Å²) >= 11 is 24.0. The Morgan fingerprint density at radius 1 is 1.00 bits per heavy atom. The van der Waals surface area contributed by atoms with Crippen LogP contribution in [0.2, 0.25) is 20.2 Å². The van der Waals surface area contributed by atoms with Crippen molar-refractivity contribution in [3.8, 4) is 0 Å². The molecule has 0 aliphatic carbocycles. The molecule has 0 saturated heterocycles. The van der Waals surface area contributed by atoms with Crippen molar-refractivity contribution >= 4 is 52.2 Å². The lowest BCUT2D eigenvalue weighted by Crippen LogP contribution is -2.18. The van der Waals surface area contributed by atoms with Crippen molar-refractivity contribution in [3.63, 3.8) is 0 Å². The third-order valence-corrected chi connectivity index (χ3v) is 3.91. The summed E-state index contributed by atoms with van der Waals surface area (Å²) in [5.74, 6) is 0.566. The standard InChI is InChI=1S/C13H10Cl4N2/c1-19(7-8-4-2-3-5-9(8)14)13-11(16)6-10(15)12(17)18-13/h2-6H,7H2,1H3. The van der Waals surface area contributed by atoms with Gasteiger partial charge in [-0.05, 0) is 17.7 Å². The first-order valence-electron chi connectivity index (χ1n) is 5.45. The summed E-state index contributed by atoms with van der Waals surface area (Å²) < 4.78 is 0. The Balaban J connectivity index is 2.28. The maximum absolute atomic E-state index is 6.12. The van der Waals surface area contributed by atoms with Crippen molar-refractivity contribution in [2.75, 3.05) is 11.9 Å². The number of rotatable bonds is 3. The van der Waals surface area contributed by atoms with E-state index in [-0.39, 0.29) is 5.15 Å². The third-order valence-electron chi connectivity index (χ3n) is 2.60. The monoisotopic (exact) mass is 334 g/mol. The SMILES string of the molecule is CN(Cc1ccccc1Cl)c1nc(Cl)c(Cl)cc1Cl. The largest absolute Gasteiger partial charge is 0.354 e. The van der Waals surface area contributed by atoms with Crippen LogP contribution in [-0.2, 0) is 6.54 Å². The van der Waals surface area contributed by atoms with Gasteiger partial charge in [0.15, 0.2) is 0 Å². The first kappa shape index (κ1) is 14.7. The van der Waals surface area contributed by atoms with Gasteiger partial charge in [0, 0.05) is 18.6 Å². The number of anilines is 1. The summed E-state index contributed by atoms with van der Waals surface area (Å²) in [5.41, 5.74) is 0.982. The fourth-order valence-corrected chi connectivity index (χ4v) is 2.49. The highest BCUT2D eigenvalue weighted by atomic mass is 35.5. The van der Waals surface area contributed by atoms with Gasteiger partial charge in [0.2, 0.25) is 0 Å². The van der Waals surface area contributed by atoms with Gasteiger partial charge in [-0.2, -0.15) is 0 Å². The number of halogens is 4. The minimum Gasteiger partial charge on any atom is -0.354 e. The molecule has 0 saturated carbocycles. The van der Waals surface area contributed by atoms with Crippen molar-refractivity contribution in [1.29, 1.82) is 0 Å². The molecule has 6 heteroatoms. The van der Waals surface area contributed by atoms with Crippen LogP contribution in [0.25, 0.3) is 0 Å². The summed E-state index contributed by atoms with van der Waals surface area (Å²) in [6.07, 6.45) is 0. The Labute approximate surface area is 131 Å². The highest BCUT2D eigenvalue weighted by molar-refractivity contribution is 6.42. The molecule has 0 unspecified atom stereocenters. The minimum absolute atomic E-state index is 0.229. The maximum Gasteiger partial charge on any atom is 0.150 e. The van der Waals surface area contributed by atoms with Gasteiger partial charge in [0.1, 0.15) is 11.0 Å². The summed E-state index contributed by atoms with van der Waals surface area (Å²) in [4.78, 5) is 6.05. The van der Waals surface area contributed by atoms with Gasteiger partial charge in [-0.1, -0.05) is 64.6 Å². The molecule has 0 amide bonds. The topological polar surface area (TPSA) is 16.1 Å². The Kier molecular flexibility index (Phi) is 4.80. The molecule has 0 bridgehead atoms. The van der Waals surface area contributed by atoms with Gasteiger partial charge in [-0.3, -0.25) is 0 Å². The first-order valence-corrected chi connectivity index (χ1v) is 6.96. The molecule has 0 spiro atoms. The van der Waals surface area contributed by atoms with E-state index in [4.69, 9.17) is 46.4 Å². The molecule has 19 heavy (non-hydrogen) atoms. The third kappa shape index (κ3) is 3.46. The van der Waals surface area contributed by atoms with E-state index < -0.39 is 0 Å². The average molecular weight is 336 g/mol. The Bertz CT molecular complexity index is 601. The lowest BCUT2D eigenvalue weighted by atomic mass is 10.2. The number of hydrogen-bond acceptors (Lipinski definition) is 2. The molecule has 0 aliphatic heterocycles. The second kappa shape index (κ2) is 6.19. The van der Waals surface area contributed by atoms with Crippen LogP contribution in [0.15, 0.2) is 30.3 Å². The van der Waals surface area contributed by atoms with Crippen molar-refractivity contribution in [1.82, 2.24) is 4.98 Å². The van der Waals surface area contributed by atoms with E-state index in [1.165, 1.54) is 0 Å². The molecule has 0 atom stereocenters. The van der Waals surface area contributed by atoms with Gasteiger partial charge < -0.3 is 4.90 Å². The Morgan fingerprint density at radius 3 is 2.37 bits per heavy atom. The quantitative estimate of drug-likeness (QED) is 0.704. The van der Waals surface area contributed by atoms with Crippen LogP contribution < -0.4 is 4.90 Å². The highest BCUT2D eigenvalue weighted by Gasteiger charge is 2.13. The Morgan fingerprint density at radius 2 is 1.68 bits per heavy atom. The van der Waals surface area contributed by atoms with Gasteiger partial charge in [0.05, 0.1) is 10.0 Å². The van der Waals surface area contributed by atoms with Crippen molar-refractivity contribution < 1.29 is 0 Å². The van der Waals surface area contributed by atoms with Crippen LogP contribution in [0.4, 0.5) is 5.82 Å². The maximum atomic E-state index is 6.12. The van der Waals surface area contributed by atoms with E-state index in [0.29, 0.717) is 27.4 Å². The molecule has 0 radical (unpaired) electrons. The number of aromatic nitrogens is 1. The van der Waals surface area contributed by atoms with Crippen LogP contribution in [0.5, 0.6) is 0 Å². The van der Waals surface area contributed by atoms with E-state index in [9.17, 15) is 0 Å². The molecule has 0 fully saturated rings. The molecule has 1 aromatic carbocycles. The van der Waals surface area contributed by atoms with E-state index in [1.54, 1.807) is 6.07 Å². The molecule has 100 valence electrons.